The molecule has 3 nitrogen and oxygen atoms in total. The van der Waals surface area contributed by atoms with E-state index in [0.717, 1.165) is 39.7 Å². The molecule has 3 fully saturated rings. The Hall–Kier alpha value is -2.78. The van der Waals surface area contributed by atoms with Crippen molar-refractivity contribution in [3.05, 3.63) is 77.6 Å². The van der Waals surface area contributed by atoms with Crippen LogP contribution in [0.4, 0.5) is 0 Å². The van der Waals surface area contributed by atoms with Crippen molar-refractivity contribution < 1.29 is 0 Å². The molecule has 32 heavy (non-hydrogen) atoms. The number of aromatic nitrogens is 3. The Balaban J connectivity index is 1.26. The van der Waals surface area contributed by atoms with E-state index in [2.05, 4.69) is 52.4 Å². The minimum absolute atomic E-state index is 0.228. The highest BCUT2D eigenvalue weighted by molar-refractivity contribution is 6.28. The number of hydrogen-bond donors (Lipinski definition) is 0. The number of hydrogen-bond acceptors (Lipinski definition) is 3. The largest absolute Gasteiger partial charge is 0.226 e. The normalized spacial score (nSPS) is 28.0. The third kappa shape index (κ3) is 2.77. The van der Waals surface area contributed by atoms with Gasteiger partial charge in [-0.3, -0.25) is 0 Å². The minimum Gasteiger partial charge on any atom is -0.208 e. The first-order chi connectivity index (χ1) is 15.7. The Morgan fingerprint density at radius 1 is 0.719 bits per heavy atom. The zero-order chi connectivity index (χ0) is 21.3. The van der Waals surface area contributed by atoms with Crippen molar-refractivity contribution in [1.29, 1.82) is 0 Å². The SMILES string of the molecule is Clc1nc(-c2ccc(C34CC5[C@@H](CC[C@H]5C3)C4)cc2)nc(-c2cccc3ccccc23)n1. The van der Waals surface area contributed by atoms with Gasteiger partial charge in [0.15, 0.2) is 11.6 Å². The molecule has 0 N–H and O–H groups in total. The lowest BCUT2D eigenvalue weighted by Crippen LogP contribution is -2.23. The Morgan fingerprint density at radius 3 is 2.22 bits per heavy atom. The van der Waals surface area contributed by atoms with Gasteiger partial charge in [0.05, 0.1) is 0 Å². The van der Waals surface area contributed by atoms with E-state index >= 15 is 0 Å². The smallest absolute Gasteiger partial charge is 0.208 e. The average molecular weight is 438 g/mol. The molecule has 1 aromatic heterocycles. The molecule has 2 bridgehead atoms. The van der Waals surface area contributed by atoms with Crippen LogP contribution in [0, 0.1) is 17.8 Å². The molecule has 3 saturated carbocycles. The second-order valence-electron chi connectivity index (χ2n) is 10.0. The summed E-state index contributed by atoms with van der Waals surface area (Å²) < 4.78 is 0. The lowest BCUT2D eigenvalue weighted by atomic mass is 9.74. The monoisotopic (exact) mass is 437 g/mol. The van der Waals surface area contributed by atoms with E-state index in [0.29, 0.717) is 17.1 Å². The molecule has 3 aliphatic carbocycles. The molecular weight excluding hydrogens is 414 g/mol. The average Bonchev–Trinajstić information content (AvgIpc) is 3.45. The van der Waals surface area contributed by atoms with E-state index in [-0.39, 0.29) is 5.28 Å². The van der Waals surface area contributed by atoms with Gasteiger partial charge in [-0.15, -0.1) is 0 Å². The van der Waals surface area contributed by atoms with Gasteiger partial charge < -0.3 is 0 Å². The van der Waals surface area contributed by atoms with Crippen LogP contribution in [0.3, 0.4) is 0 Å². The first-order valence-corrected chi connectivity index (χ1v) is 12.1. The molecule has 4 heteroatoms. The summed E-state index contributed by atoms with van der Waals surface area (Å²) in [6.07, 6.45) is 7.07. The predicted molar refractivity (Wildman–Crippen MR) is 128 cm³/mol. The van der Waals surface area contributed by atoms with Crippen LogP contribution in [0.2, 0.25) is 5.28 Å². The van der Waals surface area contributed by atoms with Gasteiger partial charge in [-0.25, -0.2) is 4.98 Å². The number of nitrogens with zero attached hydrogens (tertiary/aromatic N) is 3. The zero-order valence-electron chi connectivity index (χ0n) is 17.8. The molecule has 0 aliphatic heterocycles. The molecule has 2 atom stereocenters. The van der Waals surface area contributed by atoms with Crippen molar-refractivity contribution in [3.8, 4) is 22.8 Å². The van der Waals surface area contributed by atoms with Crippen LogP contribution in [-0.4, -0.2) is 15.0 Å². The van der Waals surface area contributed by atoms with Gasteiger partial charge in [0.25, 0.3) is 0 Å². The van der Waals surface area contributed by atoms with Crippen LogP contribution in [0.15, 0.2) is 66.7 Å². The molecule has 158 valence electrons. The molecule has 4 aromatic rings. The molecule has 0 radical (unpaired) electrons. The number of rotatable bonds is 3. The molecule has 3 aromatic carbocycles. The number of fused-ring (bicyclic) bond motifs is 2. The molecule has 0 spiro atoms. The Labute approximate surface area is 192 Å². The van der Waals surface area contributed by atoms with E-state index in [4.69, 9.17) is 16.6 Å². The molecule has 1 heterocycles. The van der Waals surface area contributed by atoms with Crippen LogP contribution in [0.5, 0.6) is 0 Å². The molecule has 0 saturated heterocycles. The van der Waals surface area contributed by atoms with Crippen molar-refractivity contribution in [2.24, 2.45) is 17.8 Å². The van der Waals surface area contributed by atoms with Gasteiger partial charge in [-0.2, -0.15) is 9.97 Å². The summed E-state index contributed by atoms with van der Waals surface area (Å²) in [7, 11) is 0. The van der Waals surface area contributed by atoms with E-state index in [1.807, 2.05) is 24.3 Å². The molecule has 7 rings (SSSR count). The molecule has 3 aliphatic rings. The van der Waals surface area contributed by atoms with Crippen molar-refractivity contribution in [3.63, 3.8) is 0 Å². The van der Waals surface area contributed by atoms with E-state index in [1.54, 1.807) is 0 Å². The number of halogens is 1. The maximum Gasteiger partial charge on any atom is 0.226 e. The topological polar surface area (TPSA) is 38.7 Å². The highest BCUT2D eigenvalue weighted by Gasteiger charge is 2.58. The molecule has 0 unspecified atom stereocenters. The third-order valence-electron chi connectivity index (χ3n) is 8.45. The summed E-state index contributed by atoms with van der Waals surface area (Å²) in [6.45, 7) is 0. The van der Waals surface area contributed by atoms with Crippen LogP contribution in [0.25, 0.3) is 33.5 Å². The van der Waals surface area contributed by atoms with Gasteiger partial charge in [0.1, 0.15) is 0 Å². The highest BCUT2D eigenvalue weighted by atomic mass is 35.5. The van der Waals surface area contributed by atoms with Crippen molar-refractivity contribution in [1.82, 2.24) is 15.0 Å². The van der Waals surface area contributed by atoms with Crippen LogP contribution >= 0.6 is 11.6 Å². The summed E-state index contributed by atoms with van der Waals surface area (Å²) in [5.74, 6) is 4.18. The fourth-order valence-corrected chi connectivity index (χ4v) is 7.29. The van der Waals surface area contributed by atoms with Gasteiger partial charge in [-0.1, -0.05) is 66.7 Å². The summed E-state index contributed by atoms with van der Waals surface area (Å²) in [4.78, 5) is 13.7. The maximum atomic E-state index is 6.36. The van der Waals surface area contributed by atoms with Gasteiger partial charge in [-0.05, 0) is 83.2 Å². The first kappa shape index (κ1) is 18.8. The van der Waals surface area contributed by atoms with Gasteiger partial charge >= 0.3 is 0 Å². The highest BCUT2D eigenvalue weighted by Crippen LogP contribution is 2.66. The predicted octanol–water partition coefficient (Wildman–Crippen LogP) is 7.09. The number of benzene rings is 3. The van der Waals surface area contributed by atoms with Gasteiger partial charge in [0, 0.05) is 11.1 Å². The van der Waals surface area contributed by atoms with E-state index < -0.39 is 0 Å². The van der Waals surface area contributed by atoms with Crippen LogP contribution in [0.1, 0.15) is 37.7 Å². The summed E-state index contributed by atoms with van der Waals surface area (Å²) in [5, 5.41) is 2.50. The summed E-state index contributed by atoms with van der Waals surface area (Å²) in [6, 6.07) is 23.4. The Kier molecular flexibility index (Phi) is 4.02. The summed E-state index contributed by atoms with van der Waals surface area (Å²) in [5.41, 5.74) is 3.89. The van der Waals surface area contributed by atoms with Crippen molar-refractivity contribution >= 4 is 22.4 Å². The van der Waals surface area contributed by atoms with E-state index in [1.165, 1.54) is 37.7 Å². The molecular formula is C28H24ClN3. The Morgan fingerprint density at radius 2 is 1.44 bits per heavy atom. The quantitative estimate of drug-likeness (QED) is 0.343. The lowest BCUT2D eigenvalue weighted by molar-refractivity contribution is 0.308. The lowest BCUT2D eigenvalue weighted by Gasteiger charge is -2.30. The third-order valence-corrected chi connectivity index (χ3v) is 8.61. The molecule has 0 amide bonds. The first-order valence-electron chi connectivity index (χ1n) is 11.7. The van der Waals surface area contributed by atoms with Gasteiger partial charge in [0.2, 0.25) is 5.28 Å². The second kappa shape index (κ2) is 6.86. The zero-order valence-corrected chi connectivity index (χ0v) is 18.6. The minimum atomic E-state index is 0.228. The fraction of sp³-hybridized carbons (Fsp3) is 0.321. The maximum absolute atomic E-state index is 6.36. The van der Waals surface area contributed by atoms with Crippen LogP contribution < -0.4 is 0 Å². The van der Waals surface area contributed by atoms with Crippen LogP contribution in [-0.2, 0) is 5.41 Å². The fourth-order valence-electron chi connectivity index (χ4n) is 7.13. The summed E-state index contributed by atoms with van der Waals surface area (Å²) >= 11 is 6.36. The second-order valence-corrected chi connectivity index (χ2v) is 10.3. The van der Waals surface area contributed by atoms with Crippen molar-refractivity contribution in [2.45, 2.75) is 37.5 Å². The Bertz CT molecular complexity index is 1320. The van der Waals surface area contributed by atoms with Crippen molar-refractivity contribution in [2.75, 3.05) is 0 Å². The standard InChI is InChI=1S/C28H24ClN3/c29-27-31-25(30-26(32-27)23-7-3-5-17-4-1-2-6-22(17)23)18-10-12-21(13-11-18)28-14-19-8-9-20(15-28)24(19)16-28/h1-7,10-13,19-20,24H,8-9,14-16H2/t19-,20-,24?,28?/m0/s1. The van der Waals surface area contributed by atoms with E-state index in [9.17, 15) is 0 Å².